The van der Waals surface area contributed by atoms with E-state index < -0.39 is 23.7 Å². The lowest BCUT2D eigenvalue weighted by molar-refractivity contribution is -0.141. The Bertz CT molecular complexity index is 1250. The van der Waals surface area contributed by atoms with Gasteiger partial charge in [0.25, 0.3) is 11.8 Å². The lowest BCUT2D eigenvalue weighted by atomic mass is 9.99. The highest BCUT2D eigenvalue weighted by Gasteiger charge is 2.33. The highest BCUT2D eigenvalue weighted by atomic mass is 19.4. The minimum Gasteiger partial charge on any atom is -0.339 e. The summed E-state index contributed by atoms with van der Waals surface area (Å²) in [6, 6.07) is 10.4. The van der Waals surface area contributed by atoms with Crippen LogP contribution in [0.5, 0.6) is 0 Å². The molecule has 0 saturated heterocycles. The summed E-state index contributed by atoms with van der Waals surface area (Å²) in [5.74, 6) is -0.964. The first-order valence-electron chi connectivity index (χ1n) is 11.0. The molecule has 1 heterocycles. The van der Waals surface area contributed by atoms with Gasteiger partial charge in [0.05, 0.1) is 17.7 Å². The minimum atomic E-state index is -4.51. The molecule has 0 aliphatic carbocycles. The van der Waals surface area contributed by atoms with Gasteiger partial charge in [0, 0.05) is 30.5 Å². The van der Waals surface area contributed by atoms with Crippen LogP contribution < -0.4 is 5.32 Å². The number of benzene rings is 2. The number of hydrogen-bond donors (Lipinski definition) is 1. The Balaban J connectivity index is 1.84. The Morgan fingerprint density at radius 3 is 2.40 bits per heavy atom. The van der Waals surface area contributed by atoms with Crippen molar-refractivity contribution in [2.75, 3.05) is 18.4 Å². The Morgan fingerprint density at radius 2 is 1.83 bits per heavy atom. The van der Waals surface area contributed by atoms with Crippen molar-refractivity contribution < 1.29 is 27.6 Å². The quantitative estimate of drug-likeness (QED) is 0.464. The van der Waals surface area contributed by atoms with Crippen LogP contribution in [0.1, 0.15) is 61.7 Å². The maximum Gasteiger partial charge on any atom is 0.435 e. The second kappa shape index (κ2) is 10.5. The van der Waals surface area contributed by atoms with Crippen LogP contribution >= 0.6 is 0 Å². The first kappa shape index (κ1) is 25.7. The number of halogens is 3. The number of carbonyl (C=O) groups is 3. The number of nitrogens with zero attached hydrogens (tertiary/aromatic N) is 3. The van der Waals surface area contributed by atoms with Gasteiger partial charge in [0.1, 0.15) is 0 Å². The van der Waals surface area contributed by atoms with Gasteiger partial charge in [0.15, 0.2) is 12.0 Å². The van der Waals surface area contributed by atoms with E-state index in [4.69, 9.17) is 0 Å². The number of hydrogen-bond acceptors (Lipinski definition) is 4. The van der Waals surface area contributed by atoms with E-state index in [0.29, 0.717) is 36.2 Å². The number of carbonyl (C=O) groups excluding carboxylic acids is 3. The lowest BCUT2D eigenvalue weighted by Crippen LogP contribution is -2.33. The molecule has 3 aromatic rings. The zero-order valence-electron chi connectivity index (χ0n) is 19.5. The SMILES string of the molecule is CCN(CC)C(=O)c1c(C=O)cccc1C(=O)Nc1ccc(Cn2ccc(C(F)(F)F)n2)cc1C. The summed E-state index contributed by atoms with van der Waals surface area (Å²) in [4.78, 5) is 39.3. The fourth-order valence-electron chi connectivity index (χ4n) is 3.71. The standard InChI is InChI=1S/C25H25F3N4O3/c1-4-31(5-2)24(35)22-18(15-33)7-6-8-19(22)23(34)29-20-10-9-17(13-16(20)3)14-32-12-11-21(30-32)25(26,27)28/h6-13,15H,4-5,14H2,1-3H3,(H,29,34). The third kappa shape index (κ3) is 5.76. The van der Waals surface area contributed by atoms with Crippen LogP contribution in [0, 0.1) is 6.92 Å². The van der Waals surface area contributed by atoms with Crippen LogP contribution in [0.3, 0.4) is 0 Å². The molecule has 2 amide bonds. The van der Waals surface area contributed by atoms with Crippen molar-refractivity contribution in [1.82, 2.24) is 14.7 Å². The number of aromatic nitrogens is 2. The van der Waals surface area contributed by atoms with Crippen molar-refractivity contribution in [2.45, 2.75) is 33.5 Å². The lowest BCUT2D eigenvalue weighted by Gasteiger charge is -2.21. The van der Waals surface area contributed by atoms with E-state index in [9.17, 15) is 27.6 Å². The summed E-state index contributed by atoms with van der Waals surface area (Å²) in [5, 5.41) is 6.31. The molecular weight excluding hydrogens is 461 g/mol. The minimum absolute atomic E-state index is 0.0390. The molecule has 0 aliphatic rings. The van der Waals surface area contributed by atoms with Crippen LogP contribution in [0.15, 0.2) is 48.7 Å². The molecule has 0 fully saturated rings. The van der Waals surface area contributed by atoms with Crippen LogP contribution in [0.4, 0.5) is 18.9 Å². The van der Waals surface area contributed by atoms with E-state index in [1.54, 1.807) is 25.1 Å². The summed E-state index contributed by atoms with van der Waals surface area (Å²) < 4.78 is 39.5. The van der Waals surface area contributed by atoms with Gasteiger partial charge in [-0.15, -0.1) is 0 Å². The van der Waals surface area contributed by atoms with Crippen molar-refractivity contribution in [3.63, 3.8) is 0 Å². The van der Waals surface area contributed by atoms with Crippen molar-refractivity contribution in [1.29, 1.82) is 0 Å². The van der Waals surface area contributed by atoms with Gasteiger partial charge >= 0.3 is 6.18 Å². The second-order valence-corrected chi connectivity index (χ2v) is 7.86. The molecule has 1 aromatic heterocycles. The van der Waals surface area contributed by atoms with Crippen molar-refractivity contribution in [3.8, 4) is 0 Å². The number of aldehydes is 1. The third-order valence-corrected chi connectivity index (χ3v) is 5.55. The third-order valence-electron chi connectivity index (χ3n) is 5.55. The monoisotopic (exact) mass is 486 g/mol. The predicted octanol–water partition coefficient (Wildman–Crippen LogP) is 4.81. The van der Waals surface area contributed by atoms with Gasteiger partial charge in [0.2, 0.25) is 0 Å². The van der Waals surface area contributed by atoms with Crippen molar-refractivity contribution >= 4 is 23.8 Å². The van der Waals surface area contributed by atoms with Crippen molar-refractivity contribution in [2.24, 2.45) is 0 Å². The number of amides is 2. The molecule has 1 N–H and O–H groups in total. The Kier molecular flexibility index (Phi) is 7.73. The first-order valence-corrected chi connectivity index (χ1v) is 11.0. The van der Waals surface area contributed by atoms with E-state index in [1.165, 1.54) is 34.0 Å². The molecule has 0 radical (unpaired) electrons. The largest absolute Gasteiger partial charge is 0.435 e. The molecule has 0 unspecified atom stereocenters. The fraction of sp³-hybridized carbons (Fsp3) is 0.280. The first-order chi connectivity index (χ1) is 16.6. The Morgan fingerprint density at radius 1 is 1.11 bits per heavy atom. The van der Waals surface area contributed by atoms with E-state index in [0.717, 1.165) is 6.07 Å². The number of nitrogens with one attached hydrogen (secondary N) is 1. The van der Waals surface area contributed by atoms with Crippen LogP contribution in [-0.2, 0) is 12.7 Å². The van der Waals surface area contributed by atoms with Gasteiger partial charge in [-0.1, -0.05) is 24.3 Å². The molecule has 2 aromatic carbocycles. The summed E-state index contributed by atoms with van der Waals surface area (Å²) in [6.07, 6.45) is -2.71. The number of aryl methyl sites for hydroxylation is 1. The molecule has 0 aliphatic heterocycles. The molecule has 0 saturated carbocycles. The smallest absolute Gasteiger partial charge is 0.339 e. The zero-order valence-corrected chi connectivity index (χ0v) is 19.5. The predicted molar refractivity (Wildman–Crippen MR) is 125 cm³/mol. The topological polar surface area (TPSA) is 84.3 Å². The summed E-state index contributed by atoms with van der Waals surface area (Å²) in [6.45, 7) is 6.32. The molecule has 7 nitrogen and oxygen atoms in total. The van der Waals surface area contributed by atoms with E-state index in [1.807, 2.05) is 13.8 Å². The van der Waals surface area contributed by atoms with E-state index in [2.05, 4.69) is 10.4 Å². The Hall–Kier alpha value is -3.95. The average molecular weight is 486 g/mol. The molecule has 3 rings (SSSR count). The van der Waals surface area contributed by atoms with Gasteiger partial charge in [-0.2, -0.15) is 18.3 Å². The molecule has 10 heteroatoms. The van der Waals surface area contributed by atoms with Gasteiger partial charge in [-0.25, -0.2) is 0 Å². The van der Waals surface area contributed by atoms with Crippen molar-refractivity contribution in [3.05, 3.63) is 82.2 Å². The Labute approximate surface area is 200 Å². The molecule has 35 heavy (non-hydrogen) atoms. The zero-order chi connectivity index (χ0) is 25.8. The van der Waals surface area contributed by atoms with Crippen LogP contribution in [0.25, 0.3) is 0 Å². The highest BCUT2D eigenvalue weighted by molar-refractivity contribution is 6.15. The summed E-state index contributed by atoms with van der Waals surface area (Å²) >= 11 is 0. The second-order valence-electron chi connectivity index (χ2n) is 7.86. The van der Waals surface area contributed by atoms with E-state index >= 15 is 0 Å². The normalized spacial score (nSPS) is 11.3. The molecule has 0 atom stereocenters. The molecule has 0 spiro atoms. The maximum atomic E-state index is 13.1. The van der Waals surface area contributed by atoms with Gasteiger partial charge in [-0.05, 0) is 50.1 Å². The fourth-order valence-corrected chi connectivity index (χ4v) is 3.71. The summed E-state index contributed by atoms with van der Waals surface area (Å²) in [5.41, 5.74) is 1.10. The van der Waals surface area contributed by atoms with Crippen LogP contribution in [0.2, 0.25) is 0 Å². The van der Waals surface area contributed by atoms with Gasteiger partial charge < -0.3 is 10.2 Å². The maximum absolute atomic E-state index is 13.1. The average Bonchev–Trinajstić information content (AvgIpc) is 3.30. The molecule has 0 bridgehead atoms. The number of rotatable bonds is 8. The number of anilines is 1. The number of alkyl halides is 3. The van der Waals surface area contributed by atoms with E-state index in [-0.39, 0.29) is 23.2 Å². The molecule has 184 valence electrons. The van der Waals surface area contributed by atoms with Crippen LogP contribution in [-0.4, -0.2) is 45.9 Å². The van der Waals surface area contributed by atoms with Gasteiger partial charge in [-0.3, -0.25) is 19.1 Å². The summed E-state index contributed by atoms with van der Waals surface area (Å²) in [7, 11) is 0. The molecular formula is C25H25F3N4O3. The highest BCUT2D eigenvalue weighted by Crippen LogP contribution is 2.27.